The Morgan fingerprint density at radius 1 is 1.08 bits per heavy atom. The van der Waals surface area contributed by atoms with E-state index in [1.165, 1.54) is 0 Å². The predicted octanol–water partition coefficient (Wildman–Crippen LogP) is 3.59. The Hall–Kier alpha value is -2.55. The Balaban J connectivity index is 1.85. The number of carbonyl (C=O) groups is 2. The molecule has 0 fully saturated rings. The van der Waals surface area contributed by atoms with Crippen LogP contribution in [0.4, 0.5) is 5.69 Å². The second kappa shape index (κ2) is 8.34. The highest BCUT2D eigenvalue weighted by Gasteiger charge is 2.13. The van der Waals surface area contributed by atoms with E-state index in [9.17, 15) is 9.59 Å². The average Bonchev–Trinajstić information content (AvgIpc) is 2.57. The van der Waals surface area contributed by atoms with E-state index in [4.69, 9.17) is 33.2 Å². The lowest BCUT2D eigenvalue weighted by atomic mass is 10.1. The summed E-state index contributed by atoms with van der Waals surface area (Å²) in [5.74, 6) is -1.10. The quantitative estimate of drug-likeness (QED) is 0.824. The Morgan fingerprint density at radius 2 is 1.71 bits per heavy atom. The summed E-state index contributed by atoms with van der Waals surface area (Å²) in [6.07, 6.45) is -0.122. The Bertz CT molecular complexity index is 778. The van der Waals surface area contributed by atoms with Crippen LogP contribution in [0.3, 0.4) is 0 Å². The molecule has 0 bridgehead atoms. The first kappa shape index (κ1) is 17.8. The summed E-state index contributed by atoms with van der Waals surface area (Å²) in [6, 6.07) is 13.2. The molecule has 0 atom stereocenters. The number of nitrogens with zero attached hydrogens (tertiary/aromatic N) is 1. The van der Waals surface area contributed by atoms with Crippen molar-refractivity contribution in [3.63, 3.8) is 0 Å². The number of esters is 1. The van der Waals surface area contributed by atoms with Crippen LogP contribution < -0.4 is 5.32 Å². The van der Waals surface area contributed by atoms with Gasteiger partial charge in [0.15, 0.2) is 6.61 Å². The van der Waals surface area contributed by atoms with E-state index in [1.54, 1.807) is 42.5 Å². The van der Waals surface area contributed by atoms with Gasteiger partial charge in [-0.3, -0.25) is 9.59 Å². The van der Waals surface area contributed by atoms with Gasteiger partial charge in [0, 0.05) is 21.3 Å². The molecule has 2 rings (SSSR count). The second-order valence-corrected chi connectivity index (χ2v) is 5.59. The topological polar surface area (TPSA) is 79.2 Å². The number of hydrogen-bond donors (Lipinski definition) is 1. The minimum atomic E-state index is -0.611. The lowest BCUT2D eigenvalue weighted by Gasteiger charge is -2.08. The Labute approximate surface area is 148 Å². The summed E-state index contributed by atoms with van der Waals surface area (Å²) < 4.78 is 4.91. The van der Waals surface area contributed by atoms with Gasteiger partial charge in [-0.25, -0.2) is 0 Å². The van der Waals surface area contributed by atoms with Crippen molar-refractivity contribution in [3.8, 4) is 6.07 Å². The lowest BCUT2D eigenvalue weighted by Crippen LogP contribution is -2.21. The molecule has 0 aliphatic rings. The van der Waals surface area contributed by atoms with Gasteiger partial charge in [-0.2, -0.15) is 5.26 Å². The largest absolute Gasteiger partial charge is 0.455 e. The molecule has 1 N–H and O–H groups in total. The van der Waals surface area contributed by atoms with Gasteiger partial charge in [0.05, 0.1) is 18.1 Å². The summed E-state index contributed by atoms with van der Waals surface area (Å²) in [6.45, 7) is -0.430. The van der Waals surface area contributed by atoms with Crippen molar-refractivity contribution in [2.75, 3.05) is 11.9 Å². The molecular weight excluding hydrogens is 351 g/mol. The van der Waals surface area contributed by atoms with E-state index in [2.05, 4.69) is 5.32 Å². The lowest BCUT2D eigenvalue weighted by molar-refractivity contribution is -0.146. The van der Waals surface area contributed by atoms with Crippen molar-refractivity contribution in [2.45, 2.75) is 6.42 Å². The predicted molar refractivity (Wildman–Crippen MR) is 90.9 cm³/mol. The van der Waals surface area contributed by atoms with Gasteiger partial charge in [-0.1, -0.05) is 29.3 Å². The van der Waals surface area contributed by atoms with Gasteiger partial charge >= 0.3 is 5.97 Å². The van der Waals surface area contributed by atoms with E-state index in [1.807, 2.05) is 6.07 Å². The van der Waals surface area contributed by atoms with Gasteiger partial charge in [0.25, 0.3) is 5.91 Å². The van der Waals surface area contributed by atoms with Crippen LogP contribution in [0.25, 0.3) is 0 Å². The number of ether oxygens (including phenoxy) is 1. The number of halogens is 2. The van der Waals surface area contributed by atoms with Crippen LogP contribution in [0.2, 0.25) is 10.0 Å². The monoisotopic (exact) mass is 362 g/mol. The molecule has 0 aromatic heterocycles. The van der Waals surface area contributed by atoms with E-state index >= 15 is 0 Å². The van der Waals surface area contributed by atoms with Crippen molar-refractivity contribution in [3.05, 3.63) is 63.6 Å². The molecule has 5 nitrogen and oxygen atoms in total. The van der Waals surface area contributed by atoms with Crippen molar-refractivity contribution < 1.29 is 14.3 Å². The minimum absolute atomic E-state index is 0.122. The van der Waals surface area contributed by atoms with Crippen LogP contribution in [0, 0.1) is 11.3 Å². The van der Waals surface area contributed by atoms with Gasteiger partial charge in [0.1, 0.15) is 0 Å². The maximum Gasteiger partial charge on any atom is 0.310 e. The van der Waals surface area contributed by atoms with Crippen molar-refractivity contribution in [1.29, 1.82) is 5.26 Å². The third-order valence-corrected chi connectivity index (χ3v) is 3.75. The molecule has 0 unspecified atom stereocenters. The number of benzene rings is 2. The molecule has 0 spiro atoms. The fraction of sp³-hybridized carbons (Fsp3) is 0.118. The molecule has 0 saturated heterocycles. The molecule has 0 saturated carbocycles. The van der Waals surface area contributed by atoms with E-state index < -0.39 is 18.5 Å². The van der Waals surface area contributed by atoms with E-state index in [0.29, 0.717) is 26.9 Å². The molecular formula is C17H12Cl2N2O3. The van der Waals surface area contributed by atoms with Crippen molar-refractivity contribution in [2.24, 2.45) is 0 Å². The van der Waals surface area contributed by atoms with Crippen LogP contribution in [-0.4, -0.2) is 18.5 Å². The third kappa shape index (κ3) is 4.98. The molecule has 2 aromatic rings. The second-order valence-electron chi connectivity index (χ2n) is 4.78. The van der Waals surface area contributed by atoms with E-state index in [0.717, 1.165) is 0 Å². The first-order valence-corrected chi connectivity index (χ1v) is 7.63. The van der Waals surface area contributed by atoms with Crippen LogP contribution in [0.15, 0.2) is 42.5 Å². The van der Waals surface area contributed by atoms with Gasteiger partial charge in [0.2, 0.25) is 0 Å². The number of nitriles is 1. The first-order chi connectivity index (χ1) is 11.5. The zero-order valence-electron chi connectivity index (χ0n) is 12.4. The molecule has 24 heavy (non-hydrogen) atoms. The molecule has 2 aromatic carbocycles. The molecule has 0 radical (unpaired) electrons. The average molecular weight is 363 g/mol. The van der Waals surface area contributed by atoms with E-state index in [-0.39, 0.29) is 6.42 Å². The van der Waals surface area contributed by atoms with Crippen LogP contribution in [0.5, 0.6) is 0 Å². The molecule has 0 aliphatic heterocycles. The number of rotatable bonds is 5. The van der Waals surface area contributed by atoms with Gasteiger partial charge in [-0.05, 0) is 36.4 Å². The van der Waals surface area contributed by atoms with Gasteiger partial charge < -0.3 is 10.1 Å². The molecule has 122 valence electrons. The number of amides is 1. The standard InChI is InChI=1S/C17H12Cl2N2O3/c18-14-2-1-3-15(19)13(14)8-17(23)24-10-16(22)21-12-6-4-11(9-20)5-7-12/h1-7H,8,10H2,(H,21,22). The summed E-state index contributed by atoms with van der Waals surface area (Å²) in [4.78, 5) is 23.6. The minimum Gasteiger partial charge on any atom is -0.455 e. The first-order valence-electron chi connectivity index (χ1n) is 6.88. The molecule has 7 heteroatoms. The normalized spacial score (nSPS) is 9.88. The van der Waals surface area contributed by atoms with Gasteiger partial charge in [-0.15, -0.1) is 0 Å². The SMILES string of the molecule is N#Cc1ccc(NC(=O)COC(=O)Cc2c(Cl)cccc2Cl)cc1. The zero-order chi connectivity index (χ0) is 17.5. The zero-order valence-corrected chi connectivity index (χ0v) is 13.9. The smallest absolute Gasteiger partial charge is 0.310 e. The van der Waals surface area contributed by atoms with Crippen molar-refractivity contribution in [1.82, 2.24) is 0 Å². The summed E-state index contributed by atoms with van der Waals surface area (Å²) >= 11 is 11.9. The number of anilines is 1. The summed E-state index contributed by atoms with van der Waals surface area (Å²) in [5, 5.41) is 12.0. The van der Waals surface area contributed by atoms with Crippen LogP contribution in [-0.2, 0) is 20.7 Å². The Morgan fingerprint density at radius 3 is 2.29 bits per heavy atom. The molecule has 0 heterocycles. The third-order valence-electron chi connectivity index (χ3n) is 3.04. The maximum atomic E-state index is 11.8. The highest BCUT2D eigenvalue weighted by molar-refractivity contribution is 6.36. The Kier molecular flexibility index (Phi) is 6.19. The molecule has 0 aliphatic carbocycles. The van der Waals surface area contributed by atoms with Crippen molar-refractivity contribution >= 4 is 40.8 Å². The maximum absolute atomic E-state index is 11.8. The number of carbonyl (C=O) groups excluding carboxylic acids is 2. The number of nitrogens with one attached hydrogen (secondary N) is 1. The highest BCUT2D eigenvalue weighted by Crippen LogP contribution is 2.24. The van der Waals surface area contributed by atoms with Crippen LogP contribution >= 0.6 is 23.2 Å². The fourth-order valence-corrected chi connectivity index (χ4v) is 2.40. The number of hydrogen-bond acceptors (Lipinski definition) is 4. The fourth-order valence-electron chi connectivity index (χ4n) is 1.87. The summed E-state index contributed by atoms with van der Waals surface area (Å²) in [5.41, 5.74) is 1.44. The van der Waals surface area contributed by atoms with Crippen LogP contribution in [0.1, 0.15) is 11.1 Å². The highest BCUT2D eigenvalue weighted by atomic mass is 35.5. The summed E-state index contributed by atoms with van der Waals surface area (Å²) in [7, 11) is 0. The molecule has 1 amide bonds.